The predicted molar refractivity (Wildman–Crippen MR) is 79.1 cm³/mol. The Morgan fingerprint density at radius 1 is 1.38 bits per heavy atom. The van der Waals surface area contributed by atoms with Crippen molar-refractivity contribution >= 4 is 27.6 Å². The molecule has 21 heavy (non-hydrogen) atoms. The molecule has 0 unspecified atom stereocenters. The van der Waals surface area contributed by atoms with Crippen LogP contribution in [-0.4, -0.2) is 28.1 Å². The molecule has 2 N–H and O–H groups in total. The van der Waals surface area contributed by atoms with Crippen molar-refractivity contribution in [2.45, 2.75) is 25.2 Å². The molecule has 0 aliphatic rings. The highest BCUT2D eigenvalue weighted by atomic mass is 35.5. The van der Waals surface area contributed by atoms with E-state index in [0.717, 1.165) is 6.07 Å². The molecule has 0 bridgehead atoms. The van der Waals surface area contributed by atoms with Gasteiger partial charge in [-0.15, -0.1) is 0 Å². The summed E-state index contributed by atoms with van der Waals surface area (Å²) in [6, 6.07) is 2.41. The number of hydrogen-bond donors (Lipinski definition) is 1. The van der Waals surface area contributed by atoms with E-state index >= 15 is 0 Å². The van der Waals surface area contributed by atoms with Gasteiger partial charge in [0, 0.05) is 5.02 Å². The van der Waals surface area contributed by atoms with Crippen molar-refractivity contribution in [1.82, 2.24) is 0 Å². The number of rotatable bonds is 6. The zero-order chi connectivity index (χ0) is 16.2. The highest BCUT2D eigenvalue weighted by Gasteiger charge is 2.24. The van der Waals surface area contributed by atoms with Crippen molar-refractivity contribution in [3.63, 3.8) is 0 Å². The molecule has 1 rings (SSSR count). The molecular formula is C13H18ClNO5S. The van der Waals surface area contributed by atoms with Gasteiger partial charge in [0.15, 0.2) is 5.75 Å². The monoisotopic (exact) mass is 335 g/mol. The van der Waals surface area contributed by atoms with E-state index in [1.54, 1.807) is 0 Å². The number of ether oxygens (including phenoxy) is 2. The average Bonchev–Trinajstić information content (AvgIpc) is 2.36. The van der Waals surface area contributed by atoms with Crippen molar-refractivity contribution in [3.05, 3.63) is 22.7 Å². The topological polar surface area (TPSA) is 95.7 Å². The standard InChI is InChI=1S/C13H18ClNO5S/c1-8(2)4-5-20-13(16)10-6-9(14)7-11(12(10)19-3)21(15,17)18/h6-8H,4-5H2,1-3H3,(H2,15,17,18). The number of primary sulfonamides is 1. The lowest BCUT2D eigenvalue weighted by molar-refractivity contribution is 0.0484. The van der Waals surface area contributed by atoms with Crippen molar-refractivity contribution < 1.29 is 22.7 Å². The number of benzene rings is 1. The smallest absolute Gasteiger partial charge is 0.342 e. The number of carbonyl (C=O) groups is 1. The van der Waals surface area contributed by atoms with Crippen LogP contribution >= 0.6 is 11.6 Å². The third-order valence-electron chi connectivity index (χ3n) is 2.68. The number of esters is 1. The summed E-state index contributed by atoms with van der Waals surface area (Å²) in [4.78, 5) is 11.7. The maximum atomic E-state index is 12.0. The highest BCUT2D eigenvalue weighted by Crippen LogP contribution is 2.31. The molecule has 0 atom stereocenters. The van der Waals surface area contributed by atoms with Gasteiger partial charge in [-0.2, -0.15) is 0 Å². The molecule has 0 saturated heterocycles. The molecule has 1 aromatic rings. The summed E-state index contributed by atoms with van der Waals surface area (Å²) in [6.45, 7) is 4.21. The number of nitrogens with two attached hydrogens (primary N) is 1. The van der Waals surface area contributed by atoms with Crippen LogP contribution < -0.4 is 9.88 Å². The van der Waals surface area contributed by atoms with E-state index in [2.05, 4.69) is 0 Å². The first-order valence-electron chi connectivity index (χ1n) is 6.24. The van der Waals surface area contributed by atoms with Crippen LogP contribution in [0.2, 0.25) is 5.02 Å². The van der Waals surface area contributed by atoms with Gasteiger partial charge in [0.05, 0.1) is 13.7 Å². The van der Waals surface area contributed by atoms with Gasteiger partial charge in [-0.05, 0) is 24.5 Å². The summed E-state index contributed by atoms with van der Waals surface area (Å²) in [5.74, 6) is -0.504. The zero-order valence-electron chi connectivity index (χ0n) is 12.1. The van der Waals surface area contributed by atoms with Gasteiger partial charge >= 0.3 is 5.97 Å². The predicted octanol–water partition coefficient (Wildman–Crippen LogP) is 2.20. The normalized spacial score (nSPS) is 11.5. The van der Waals surface area contributed by atoms with Gasteiger partial charge in [-0.25, -0.2) is 18.4 Å². The second kappa shape index (κ2) is 7.11. The minimum Gasteiger partial charge on any atom is -0.494 e. The molecule has 0 heterocycles. The fraction of sp³-hybridized carbons (Fsp3) is 0.462. The third-order valence-corrected chi connectivity index (χ3v) is 3.81. The summed E-state index contributed by atoms with van der Waals surface area (Å²) in [5.41, 5.74) is -0.0715. The largest absolute Gasteiger partial charge is 0.494 e. The molecule has 0 fully saturated rings. The zero-order valence-corrected chi connectivity index (χ0v) is 13.6. The van der Waals surface area contributed by atoms with Gasteiger partial charge in [-0.1, -0.05) is 25.4 Å². The Morgan fingerprint density at radius 3 is 2.48 bits per heavy atom. The molecule has 0 aliphatic heterocycles. The molecule has 1 aromatic carbocycles. The fourth-order valence-corrected chi connectivity index (χ4v) is 2.63. The molecule has 0 spiro atoms. The Labute approximate surface area is 129 Å². The minimum absolute atomic E-state index is 0.0515. The van der Waals surface area contributed by atoms with Gasteiger partial charge in [-0.3, -0.25) is 0 Å². The molecule has 0 saturated carbocycles. The quantitative estimate of drug-likeness (QED) is 0.804. The molecule has 0 radical (unpaired) electrons. The molecule has 118 valence electrons. The highest BCUT2D eigenvalue weighted by molar-refractivity contribution is 7.89. The second-order valence-corrected chi connectivity index (χ2v) is 6.81. The summed E-state index contributed by atoms with van der Waals surface area (Å²) in [5, 5.41) is 5.14. The average molecular weight is 336 g/mol. The van der Waals surface area contributed by atoms with E-state index in [9.17, 15) is 13.2 Å². The van der Waals surface area contributed by atoms with Crippen LogP contribution in [0.4, 0.5) is 0 Å². The Bertz CT molecular complexity index is 628. The fourth-order valence-electron chi connectivity index (χ4n) is 1.61. The number of carbonyl (C=O) groups excluding carboxylic acids is 1. The summed E-state index contributed by atoms with van der Waals surface area (Å²) < 4.78 is 33.1. The molecule has 0 aliphatic carbocycles. The first-order valence-corrected chi connectivity index (χ1v) is 8.16. The first-order chi connectivity index (χ1) is 9.66. The Hall–Kier alpha value is -1.31. The third kappa shape index (κ3) is 4.87. The van der Waals surface area contributed by atoms with Crippen LogP contribution in [0.3, 0.4) is 0 Å². The lowest BCUT2D eigenvalue weighted by Gasteiger charge is -2.13. The lowest BCUT2D eigenvalue weighted by Crippen LogP contribution is -2.16. The maximum Gasteiger partial charge on any atom is 0.342 e. The number of methoxy groups -OCH3 is 1. The van der Waals surface area contributed by atoms with Crippen molar-refractivity contribution in [1.29, 1.82) is 0 Å². The van der Waals surface area contributed by atoms with E-state index in [4.69, 9.17) is 26.2 Å². The van der Waals surface area contributed by atoms with Gasteiger partial charge in [0.25, 0.3) is 0 Å². The van der Waals surface area contributed by atoms with Crippen molar-refractivity contribution in [2.24, 2.45) is 11.1 Å². The Morgan fingerprint density at radius 2 is 2.00 bits per heavy atom. The van der Waals surface area contributed by atoms with Gasteiger partial charge < -0.3 is 9.47 Å². The second-order valence-electron chi connectivity index (χ2n) is 4.85. The first kappa shape index (κ1) is 17.7. The Kier molecular flexibility index (Phi) is 6.00. The van der Waals surface area contributed by atoms with Crippen molar-refractivity contribution in [3.8, 4) is 5.75 Å². The Balaban J connectivity index is 3.17. The maximum absolute atomic E-state index is 12.0. The van der Waals surface area contributed by atoms with Crippen LogP contribution in [0, 0.1) is 5.92 Å². The van der Waals surface area contributed by atoms with Gasteiger partial charge in [0.1, 0.15) is 10.5 Å². The number of sulfonamides is 1. The molecule has 6 nitrogen and oxygen atoms in total. The van der Waals surface area contributed by atoms with Crippen LogP contribution in [0.5, 0.6) is 5.75 Å². The van der Waals surface area contributed by atoms with Crippen LogP contribution in [0.15, 0.2) is 17.0 Å². The van der Waals surface area contributed by atoms with Crippen LogP contribution in [0.1, 0.15) is 30.6 Å². The lowest BCUT2D eigenvalue weighted by atomic mass is 10.1. The van der Waals surface area contributed by atoms with E-state index in [1.807, 2.05) is 13.8 Å². The number of hydrogen-bond acceptors (Lipinski definition) is 5. The minimum atomic E-state index is -4.08. The van der Waals surface area contributed by atoms with E-state index in [1.165, 1.54) is 13.2 Å². The molecule has 0 aromatic heterocycles. The van der Waals surface area contributed by atoms with Crippen LogP contribution in [-0.2, 0) is 14.8 Å². The van der Waals surface area contributed by atoms with E-state index in [0.29, 0.717) is 12.3 Å². The van der Waals surface area contributed by atoms with Crippen LogP contribution in [0.25, 0.3) is 0 Å². The summed E-state index contributed by atoms with van der Waals surface area (Å²) >= 11 is 5.83. The van der Waals surface area contributed by atoms with Gasteiger partial charge in [0.2, 0.25) is 10.0 Å². The SMILES string of the molecule is COc1c(C(=O)OCCC(C)C)cc(Cl)cc1S(N)(=O)=O. The van der Waals surface area contributed by atoms with E-state index in [-0.39, 0.29) is 27.8 Å². The summed E-state index contributed by atoms with van der Waals surface area (Å²) in [7, 11) is -2.84. The summed E-state index contributed by atoms with van der Waals surface area (Å²) in [6.07, 6.45) is 0.691. The van der Waals surface area contributed by atoms with Crippen molar-refractivity contribution in [2.75, 3.05) is 13.7 Å². The van der Waals surface area contributed by atoms with E-state index < -0.39 is 16.0 Å². The molecule has 0 amide bonds. The molecule has 8 heteroatoms. The molecular weight excluding hydrogens is 318 g/mol. The number of halogens is 1.